The Morgan fingerprint density at radius 1 is 0.964 bits per heavy atom. The van der Waals surface area contributed by atoms with Gasteiger partial charge in [-0.15, -0.1) is 0 Å². The van der Waals surface area contributed by atoms with Crippen molar-refractivity contribution in [3.8, 4) is 0 Å². The molecule has 2 aromatic rings. The first-order chi connectivity index (χ1) is 13.7. The molecule has 0 aromatic carbocycles. The Morgan fingerprint density at radius 3 is 2.54 bits per heavy atom. The van der Waals surface area contributed by atoms with Gasteiger partial charge in [0, 0.05) is 75.8 Å². The van der Waals surface area contributed by atoms with E-state index in [1.807, 2.05) is 17.3 Å². The predicted octanol–water partition coefficient (Wildman–Crippen LogP) is 2.00. The van der Waals surface area contributed by atoms with Crippen LogP contribution in [0.3, 0.4) is 0 Å². The number of piperidine rings is 1. The maximum Gasteiger partial charge on any atom is 0.274 e. The van der Waals surface area contributed by atoms with E-state index in [1.54, 1.807) is 18.6 Å². The lowest BCUT2D eigenvalue weighted by Crippen LogP contribution is -2.47. The number of hydrogen-bond acceptors (Lipinski definition) is 6. The first kappa shape index (κ1) is 18.8. The average molecular weight is 380 g/mol. The highest BCUT2D eigenvalue weighted by Gasteiger charge is 2.29. The highest BCUT2D eigenvalue weighted by atomic mass is 16.2. The number of hydrogen-bond donors (Lipinski definition) is 0. The molecule has 7 nitrogen and oxygen atoms in total. The molecule has 2 aromatic heterocycles. The number of carbonyl (C=O) groups excluding carboxylic acids is 1. The maximum atomic E-state index is 12.6. The summed E-state index contributed by atoms with van der Waals surface area (Å²) < 4.78 is 0. The summed E-state index contributed by atoms with van der Waals surface area (Å²) in [6.07, 6.45) is 11.8. The van der Waals surface area contributed by atoms with Crippen LogP contribution in [0.25, 0.3) is 0 Å². The van der Waals surface area contributed by atoms with Crippen molar-refractivity contribution >= 4 is 11.6 Å². The van der Waals surface area contributed by atoms with E-state index in [1.165, 1.54) is 17.7 Å². The van der Waals surface area contributed by atoms with Gasteiger partial charge in [-0.3, -0.25) is 19.7 Å². The predicted molar refractivity (Wildman–Crippen MR) is 108 cm³/mol. The summed E-state index contributed by atoms with van der Waals surface area (Å²) in [6.45, 7) is 8.06. The van der Waals surface area contributed by atoms with E-state index in [0.29, 0.717) is 11.7 Å². The highest BCUT2D eigenvalue weighted by molar-refractivity contribution is 5.92. The van der Waals surface area contributed by atoms with Crippen molar-refractivity contribution in [2.75, 3.05) is 44.2 Å². The van der Waals surface area contributed by atoms with Gasteiger partial charge < -0.3 is 9.80 Å². The van der Waals surface area contributed by atoms with Crippen molar-refractivity contribution in [3.63, 3.8) is 0 Å². The van der Waals surface area contributed by atoms with Gasteiger partial charge in [0.2, 0.25) is 0 Å². The van der Waals surface area contributed by atoms with Crippen LogP contribution in [0.15, 0.2) is 37.1 Å². The van der Waals surface area contributed by atoms with Gasteiger partial charge in [-0.25, -0.2) is 4.98 Å². The monoisotopic (exact) mass is 380 g/mol. The second kappa shape index (κ2) is 8.65. The molecule has 0 atom stereocenters. The number of rotatable bonds is 3. The van der Waals surface area contributed by atoms with Gasteiger partial charge in [0.05, 0.1) is 6.20 Å². The Bertz CT molecular complexity index is 790. The van der Waals surface area contributed by atoms with Gasteiger partial charge >= 0.3 is 0 Å². The molecule has 2 aliphatic heterocycles. The molecular formula is C21H28N6O. The van der Waals surface area contributed by atoms with Crippen LogP contribution < -0.4 is 4.90 Å². The summed E-state index contributed by atoms with van der Waals surface area (Å²) in [7, 11) is 0. The molecule has 0 bridgehead atoms. The van der Waals surface area contributed by atoms with E-state index < -0.39 is 0 Å². The number of nitrogens with zero attached hydrogens (tertiary/aromatic N) is 6. The molecule has 0 saturated carbocycles. The number of amides is 1. The van der Waals surface area contributed by atoms with Crippen molar-refractivity contribution < 1.29 is 4.79 Å². The Kier molecular flexibility index (Phi) is 5.81. The summed E-state index contributed by atoms with van der Waals surface area (Å²) in [6, 6.07) is 2.69. The normalized spacial score (nSPS) is 19.5. The molecule has 4 heterocycles. The number of aryl methyl sites for hydroxylation is 1. The molecule has 2 aliphatic rings. The van der Waals surface area contributed by atoms with Crippen LogP contribution in [0.1, 0.15) is 35.3 Å². The first-order valence-electron chi connectivity index (χ1n) is 10.2. The summed E-state index contributed by atoms with van der Waals surface area (Å²) >= 11 is 0. The molecule has 0 radical (unpaired) electrons. The third kappa shape index (κ3) is 4.14. The number of pyridine rings is 1. The lowest BCUT2D eigenvalue weighted by Gasteiger charge is -2.38. The largest absolute Gasteiger partial charge is 0.370 e. The second-order valence-electron chi connectivity index (χ2n) is 7.65. The molecule has 0 aliphatic carbocycles. The van der Waals surface area contributed by atoms with Gasteiger partial charge in [0.15, 0.2) is 0 Å². The van der Waals surface area contributed by atoms with Crippen LogP contribution in [0.4, 0.5) is 5.69 Å². The van der Waals surface area contributed by atoms with E-state index in [2.05, 4.69) is 37.7 Å². The minimum atomic E-state index is 0.00162. The van der Waals surface area contributed by atoms with Crippen molar-refractivity contribution in [2.24, 2.45) is 0 Å². The Labute approximate surface area is 166 Å². The minimum Gasteiger partial charge on any atom is -0.370 e. The minimum absolute atomic E-state index is 0.00162. The molecule has 148 valence electrons. The molecule has 0 spiro atoms. The van der Waals surface area contributed by atoms with Gasteiger partial charge in [-0.1, -0.05) is 0 Å². The zero-order valence-corrected chi connectivity index (χ0v) is 16.5. The summed E-state index contributed by atoms with van der Waals surface area (Å²) in [5.41, 5.74) is 2.99. The Hall–Kier alpha value is -2.54. The van der Waals surface area contributed by atoms with Crippen LogP contribution in [0.2, 0.25) is 0 Å². The maximum absolute atomic E-state index is 12.6. The summed E-state index contributed by atoms with van der Waals surface area (Å²) in [5.74, 6) is 0.00162. The lowest BCUT2D eigenvalue weighted by molar-refractivity contribution is 0.0621. The molecular weight excluding hydrogens is 352 g/mol. The van der Waals surface area contributed by atoms with E-state index in [0.717, 1.165) is 52.1 Å². The molecule has 4 rings (SSSR count). The average Bonchev–Trinajstić information content (AvgIpc) is 3.00. The molecule has 2 fully saturated rings. The topological polar surface area (TPSA) is 65.5 Å². The van der Waals surface area contributed by atoms with E-state index in [9.17, 15) is 4.79 Å². The third-order valence-electron chi connectivity index (χ3n) is 5.91. The van der Waals surface area contributed by atoms with Crippen LogP contribution in [0, 0.1) is 6.92 Å². The zero-order chi connectivity index (χ0) is 19.3. The van der Waals surface area contributed by atoms with Crippen molar-refractivity contribution in [1.29, 1.82) is 0 Å². The van der Waals surface area contributed by atoms with E-state index in [4.69, 9.17) is 0 Å². The zero-order valence-electron chi connectivity index (χ0n) is 16.5. The molecule has 0 N–H and O–H groups in total. The number of likely N-dealkylation sites (tertiary alicyclic amines) is 1. The van der Waals surface area contributed by atoms with Crippen LogP contribution in [-0.2, 0) is 0 Å². The lowest BCUT2D eigenvalue weighted by atomic mass is 10.0. The fraction of sp³-hybridized carbons (Fsp3) is 0.524. The van der Waals surface area contributed by atoms with Crippen LogP contribution >= 0.6 is 0 Å². The van der Waals surface area contributed by atoms with Gasteiger partial charge in [-0.05, 0) is 37.8 Å². The quantitative estimate of drug-likeness (QED) is 0.811. The van der Waals surface area contributed by atoms with Crippen molar-refractivity contribution in [3.05, 3.63) is 48.3 Å². The fourth-order valence-electron chi connectivity index (χ4n) is 4.37. The standard InChI is InChI=1S/C21H28N6O/c1-17-15-22-6-3-20(17)26-10-2-9-25(13-14-26)18-4-11-27(12-5-18)21(28)19-16-23-7-8-24-19/h3,6-8,15-16,18H,2,4-5,9-14H2,1H3. The Morgan fingerprint density at radius 2 is 1.79 bits per heavy atom. The van der Waals surface area contributed by atoms with E-state index >= 15 is 0 Å². The molecule has 2 saturated heterocycles. The van der Waals surface area contributed by atoms with Gasteiger partial charge in [0.25, 0.3) is 5.91 Å². The number of anilines is 1. The van der Waals surface area contributed by atoms with Crippen LogP contribution in [-0.4, -0.2) is 76.0 Å². The fourth-order valence-corrected chi connectivity index (χ4v) is 4.37. The molecule has 7 heteroatoms. The highest BCUT2D eigenvalue weighted by Crippen LogP contribution is 2.23. The SMILES string of the molecule is Cc1cnccc1N1CCCN(C2CCN(C(=O)c3cnccn3)CC2)CC1. The summed E-state index contributed by atoms with van der Waals surface area (Å²) in [5, 5.41) is 0. The smallest absolute Gasteiger partial charge is 0.274 e. The second-order valence-corrected chi connectivity index (χ2v) is 7.65. The van der Waals surface area contributed by atoms with Gasteiger partial charge in [0.1, 0.15) is 5.69 Å². The van der Waals surface area contributed by atoms with Crippen molar-refractivity contribution in [2.45, 2.75) is 32.2 Å². The number of carbonyl (C=O) groups is 1. The molecule has 1 amide bonds. The summed E-state index contributed by atoms with van der Waals surface area (Å²) in [4.78, 5) is 32.0. The number of aromatic nitrogens is 3. The molecule has 28 heavy (non-hydrogen) atoms. The third-order valence-corrected chi connectivity index (χ3v) is 5.91. The van der Waals surface area contributed by atoms with Gasteiger partial charge in [-0.2, -0.15) is 0 Å². The first-order valence-corrected chi connectivity index (χ1v) is 10.2. The molecule has 0 unspecified atom stereocenters. The van der Waals surface area contributed by atoms with E-state index in [-0.39, 0.29) is 5.91 Å². The van der Waals surface area contributed by atoms with Crippen LogP contribution in [0.5, 0.6) is 0 Å². The Balaban J connectivity index is 1.32. The van der Waals surface area contributed by atoms with Crippen molar-refractivity contribution in [1.82, 2.24) is 24.8 Å².